The highest BCUT2D eigenvalue weighted by molar-refractivity contribution is 5.50. The summed E-state index contributed by atoms with van der Waals surface area (Å²) < 4.78 is 5.25. The van der Waals surface area contributed by atoms with E-state index in [4.69, 9.17) is 10.3 Å². The quantitative estimate of drug-likeness (QED) is 0.746. The molecule has 3 aromatic heterocycles. The second kappa shape index (κ2) is 6.60. The lowest BCUT2D eigenvalue weighted by Crippen LogP contribution is -2.32. The summed E-state index contributed by atoms with van der Waals surface area (Å²) in [5.41, 5.74) is 7.58. The average molecular weight is 319 g/mol. The maximum absolute atomic E-state index is 6.11. The van der Waals surface area contributed by atoms with Crippen LogP contribution in [-0.2, 0) is 5.54 Å². The Balaban J connectivity index is 1.79. The summed E-state index contributed by atoms with van der Waals surface area (Å²) >= 11 is 0. The Morgan fingerprint density at radius 3 is 2.71 bits per heavy atom. The summed E-state index contributed by atoms with van der Waals surface area (Å²) in [7, 11) is 0. The van der Waals surface area contributed by atoms with Crippen molar-refractivity contribution in [3.8, 4) is 23.4 Å². The molecule has 3 rings (SSSR count). The highest BCUT2D eigenvalue weighted by Gasteiger charge is 2.26. The maximum atomic E-state index is 6.11. The first-order chi connectivity index (χ1) is 11.6. The second-order valence-electron chi connectivity index (χ2n) is 5.59. The molecule has 3 aromatic rings. The molecule has 0 amide bonds. The molecule has 2 N–H and O–H groups in total. The minimum atomic E-state index is -0.640. The molecule has 1 unspecified atom stereocenters. The van der Waals surface area contributed by atoms with Gasteiger partial charge >= 0.3 is 0 Å². The number of rotatable bonds is 3. The molecule has 0 spiro atoms. The standard InChI is InChI=1S/C18H17N5O/c1-3-18(2,19)17-22-16(23-24-17)15-10-8-13(12-21-15)7-9-14-6-4-5-11-20-14/h4-6,8,10-12H,3,19H2,1-2H3. The van der Waals surface area contributed by atoms with E-state index in [1.807, 2.05) is 38.1 Å². The van der Waals surface area contributed by atoms with E-state index in [2.05, 4.69) is 31.9 Å². The molecule has 0 fully saturated rings. The largest absolute Gasteiger partial charge is 0.337 e. The minimum absolute atomic E-state index is 0.404. The zero-order valence-corrected chi connectivity index (χ0v) is 13.5. The van der Waals surface area contributed by atoms with E-state index in [0.717, 1.165) is 5.56 Å². The van der Waals surface area contributed by atoms with Gasteiger partial charge in [-0.25, -0.2) is 4.98 Å². The van der Waals surface area contributed by atoms with Gasteiger partial charge in [-0.1, -0.05) is 24.1 Å². The fourth-order valence-electron chi connectivity index (χ4n) is 1.88. The number of hydrogen-bond donors (Lipinski definition) is 1. The van der Waals surface area contributed by atoms with Crippen molar-refractivity contribution in [1.29, 1.82) is 0 Å². The first-order valence-electron chi connectivity index (χ1n) is 7.61. The van der Waals surface area contributed by atoms with Crippen LogP contribution in [0.15, 0.2) is 47.2 Å². The van der Waals surface area contributed by atoms with E-state index >= 15 is 0 Å². The third-order valence-electron chi connectivity index (χ3n) is 3.64. The molecule has 6 heteroatoms. The van der Waals surface area contributed by atoms with Crippen LogP contribution < -0.4 is 5.73 Å². The Bertz CT molecular complexity index is 873. The lowest BCUT2D eigenvalue weighted by Gasteiger charge is -2.16. The van der Waals surface area contributed by atoms with Gasteiger partial charge in [-0.05, 0) is 43.5 Å². The van der Waals surface area contributed by atoms with Crippen molar-refractivity contribution in [3.63, 3.8) is 0 Å². The van der Waals surface area contributed by atoms with Gasteiger partial charge in [-0.3, -0.25) is 4.98 Å². The van der Waals surface area contributed by atoms with Crippen molar-refractivity contribution in [2.24, 2.45) is 5.73 Å². The van der Waals surface area contributed by atoms with Crippen LogP contribution in [0.2, 0.25) is 0 Å². The van der Waals surface area contributed by atoms with Crippen LogP contribution in [0.3, 0.4) is 0 Å². The average Bonchev–Trinajstić information content (AvgIpc) is 3.12. The van der Waals surface area contributed by atoms with Crippen molar-refractivity contribution >= 4 is 0 Å². The molecule has 0 saturated carbocycles. The van der Waals surface area contributed by atoms with Crippen molar-refractivity contribution < 1.29 is 4.52 Å². The van der Waals surface area contributed by atoms with Gasteiger partial charge in [0.1, 0.15) is 11.4 Å². The monoisotopic (exact) mass is 319 g/mol. The molecule has 120 valence electrons. The van der Waals surface area contributed by atoms with Crippen molar-refractivity contribution in [3.05, 3.63) is 59.9 Å². The van der Waals surface area contributed by atoms with E-state index in [-0.39, 0.29) is 0 Å². The van der Waals surface area contributed by atoms with Gasteiger partial charge in [0, 0.05) is 18.0 Å². The van der Waals surface area contributed by atoms with Gasteiger partial charge in [0.25, 0.3) is 0 Å². The van der Waals surface area contributed by atoms with E-state index in [1.165, 1.54) is 0 Å². The molecule has 0 saturated heterocycles. The lowest BCUT2D eigenvalue weighted by atomic mass is 10.0. The fourth-order valence-corrected chi connectivity index (χ4v) is 1.88. The van der Waals surface area contributed by atoms with Crippen LogP contribution in [0.1, 0.15) is 37.4 Å². The third-order valence-corrected chi connectivity index (χ3v) is 3.64. The molecular weight excluding hydrogens is 302 g/mol. The predicted molar refractivity (Wildman–Crippen MR) is 89.6 cm³/mol. The van der Waals surface area contributed by atoms with E-state index < -0.39 is 5.54 Å². The SMILES string of the molecule is CCC(C)(N)c1nc(-c2ccc(C#Cc3ccccn3)cn2)no1. The van der Waals surface area contributed by atoms with Crippen LogP contribution in [-0.4, -0.2) is 20.1 Å². The van der Waals surface area contributed by atoms with Crippen LogP contribution in [0.4, 0.5) is 0 Å². The predicted octanol–water partition coefficient (Wildman–Crippen LogP) is 2.51. The summed E-state index contributed by atoms with van der Waals surface area (Å²) in [6.07, 6.45) is 4.08. The summed E-state index contributed by atoms with van der Waals surface area (Å²) in [5.74, 6) is 6.82. The molecule has 0 bridgehead atoms. The maximum Gasteiger partial charge on any atom is 0.246 e. The topological polar surface area (TPSA) is 90.7 Å². The Morgan fingerprint density at radius 2 is 2.04 bits per heavy atom. The molecule has 0 aliphatic rings. The number of nitrogens with zero attached hydrogens (tertiary/aromatic N) is 4. The van der Waals surface area contributed by atoms with E-state index in [1.54, 1.807) is 18.5 Å². The molecule has 1 atom stereocenters. The van der Waals surface area contributed by atoms with Gasteiger partial charge in [-0.2, -0.15) is 4.98 Å². The van der Waals surface area contributed by atoms with Gasteiger partial charge < -0.3 is 10.3 Å². The number of aromatic nitrogens is 4. The van der Waals surface area contributed by atoms with Crippen molar-refractivity contribution in [2.75, 3.05) is 0 Å². The summed E-state index contributed by atoms with van der Waals surface area (Å²) in [5, 5.41) is 3.95. The Labute approximate surface area is 140 Å². The molecule has 3 heterocycles. The molecule has 0 aliphatic carbocycles. The van der Waals surface area contributed by atoms with Crippen molar-refractivity contribution in [1.82, 2.24) is 20.1 Å². The smallest absolute Gasteiger partial charge is 0.246 e. The zero-order valence-electron chi connectivity index (χ0n) is 13.5. The first kappa shape index (κ1) is 15.8. The third kappa shape index (κ3) is 3.47. The lowest BCUT2D eigenvalue weighted by molar-refractivity contribution is 0.291. The fraction of sp³-hybridized carbons (Fsp3) is 0.222. The summed E-state index contributed by atoms with van der Waals surface area (Å²) in [6.45, 7) is 3.82. The number of pyridine rings is 2. The van der Waals surface area contributed by atoms with E-state index in [9.17, 15) is 0 Å². The Hall–Kier alpha value is -3.04. The first-order valence-corrected chi connectivity index (χ1v) is 7.61. The van der Waals surface area contributed by atoms with Gasteiger partial charge in [0.05, 0.1) is 5.54 Å². The molecule has 6 nitrogen and oxygen atoms in total. The summed E-state index contributed by atoms with van der Waals surface area (Å²) in [4.78, 5) is 12.8. The number of hydrogen-bond acceptors (Lipinski definition) is 6. The van der Waals surface area contributed by atoms with E-state index in [0.29, 0.717) is 29.5 Å². The second-order valence-corrected chi connectivity index (χ2v) is 5.59. The Kier molecular flexibility index (Phi) is 4.36. The molecule has 0 aliphatic heterocycles. The van der Waals surface area contributed by atoms with Gasteiger partial charge in [0.2, 0.25) is 11.7 Å². The molecule has 0 radical (unpaired) electrons. The van der Waals surface area contributed by atoms with Crippen LogP contribution in [0.5, 0.6) is 0 Å². The van der Waals surface area contributed by atoms with Crippen LogP contribution in [0.25, 0.3) is 11.5 Å². The number of nitrogens with two attached hydrogens (primary N) is 1. The Morgan fingerprint density at radius 1 is 1.17 bits per heavy atom. The summed E-state index contributed by atoms with van der Waals surface area (Å²) in [6, 6.07) is 9.26. The van der Waals surface area contributed by atoms with Gasteiger partial charge in [-0.15, -0.1) is 0 Å². The van der Waals surface area contributed by atoms with Crippen LogP contribution in [0, 0.1) is 11.8 Å². The van der Waals surface area contributed by atoms with Crippen LogP contribution >= 0.6 is 0 Å². The normalized spacial score (nSPS) is 13.0. The molecular formula is C18H17N5O. The molecule has 24 heavy (non-hydrogen) atoms. The minimum Gasteiger partial charge on any atom is -0.337 e. The molecule has 0 aromatic carbocycles. The highest BCUT2D eigenvalue weighted by Crippen LogP contribution is 2.22. The van der Waals surface area contributed by atoms with Gasteiger partial charge in [0.15, 0.2) is 0 Å². The highest BCUT2D eigenvalue weighted by atomic mass is 16.5. The van der Waals surface area contributed by atoms with Crippen molar-refractivity contribution in [2.45, 2.75) is 25.8 Å². The zero-order chi connectivity index (χ0) is 17.0.